The first-order valence-electron chi connectivity index (χ1n) is 12.4. The van der Waals surface area contributed by atoms with Crippen molar-refractivity contribution < 1.29 is 23.8 Å². The van der Waals surface area contributed by atoms with Gasteiger partial charge in [-0.15, -0.1) is 0 Å². The van der Waals surface area contributed by atoms with Gasteiger partial charge in [-0.3, -0.25) is 9.59 Å². The number of nitrogens with zero attached hydrogens (tertiary/aromatic N) is 3. The number of nitrogens with two attached hydrogens (primary N) is 1. The van der Waals surface area contributed by atoms with Crippen LogP contribution in [0.1, 0.15) is 36.3 Å². The van der Waals surface area contributed by atoms with Gasteiger partial charge in [0.2, 0.25) is 24.5 Å². The van der Waals surface area contributed by atoms with E-state index in [-0.39, 0.29) is 24.9 Å². The minimum Gasteiger partial charge on any atom is -0.454 e. The number of amides is 1. The van der Waals surface area contributed by atoms with Crippen LogP contribution < -0.4 is 30.2 Å². The van der Waals surface area contributed by atoms with Crippen molar-refractivity contribution in [1.29, 1.82) is 0 Å². The van der Waals surface area contributed by atoms with E-state index in [2.05, 4.69) is 44.5 Å². The second-order valence-corrected chi connectivity index (χ2v) is 9.54. The molecule has 10 nitrogen and oxygen atoms in total. The van der Waals surface area contributed by atoms with Crippen molar-refractivity contribution >= 4 is 29.3 Å². The van der Waals surface area contributed by atoms with Gasteiger partial charge >= 0.3 is 5.97 Å². The van der Waals surface area contributed by atoms with Crippen LogP contribution >= 0.6 is 0 Å². The molecule has 1 amide bonds. The molecule has 1 saturated heterocycles. The fraction of sp³-hybridized carbons (Fsp3) is 0.333. The lowest BCUT2D eigenvalue weighted by Crippen LogP contribution is -2.36. The van der Waals surface area contributed by atoms with E-state index in [9.17, 15) is 9.59 Å². The second-order valence-electron chi connectivity index (χ2n) is 9.54. The number of nitrogen functional groups attached to an aromatic ring is 1. The minimum absolute atomic E-state index is 0.0518. The molecule has 0 spiro atoms. The van der Waals surface area contributed by atoms with Crippen molar-refractivity contribution in [2.75, 3.05) is 35.8 Å². The quantitative estimate of drug-likeness (QED) is 0.506. The molecule has 37 heavy (non-hydrogen) atoms. The molecule has 3 N–H and O–H groups in total. The Balaban J connectivity index is 1.17. The maximum atomic E-state index is 13.2. The number of nitrogens with one attached hydrogen (secondary N) is 1. The highest BCUT2D eigenvalue weighted by atomic mass is 16.7. The number of aromatic nitrogens is 2. The Morgan fingerprint density at radius 1 is 1.05 bits per heavy atom. The van der Waals surface area contributed by atoms with Crippen molar-refractivity contribution in [2.45, 2.75) is 31.6 Å². The fourth-order valence-electron chi connectivity index (χ4n) is 5.13. The van der Waals surface area contributed by atoms with Gasteiger partial charge in [-0.2, -0.15) is 9.97 Å². The third-order valence-electron chi connectivity index (χ3n) is 7.08. The first-order valence-corrected chi connectivity index (χ1v) is 12.4. The Labute approximate surface area is 213 Å². The standard InChI is InChI=1S/C27H27N5O5/c28-24-23-19(25(34)29-18-6-7-20-21(13-18)36-15-35-20)14-22(33)37-26(23)31-27(30-24)32-10-8-17(9-11-32)12-16-4-2-1-3-5-16/h1-7,13,17,19H,8-12,14-15H2,(H,29,34)(H2,28,30,31). The molecule has 0 radical (unpaired) electrons. The summed E-state index contributed by atoms with van der Waals surface area (Å²) >= 11 is 0. The van der Waals surface area contributed by atoms with Gasteiger partial charge in [0.1, 0.15) is 5.82 Å². The first kappa shape index (κ1) is 23.1. The zero-order valence-corrected chi connectivity index (χ0v) is 20.2. The highest BCUT2D eigenvalue weighted by Gasteiger charge is 2.37. The van der Waals surface area contributed by atoms with E-state index in [1.165, 1.54) is 5.56 Å². The smallest absolute Gasteiger partial charge is 0.313 e. The average Bonchev–Trinajstić information content (AvgIpc) is 3.37. The van der Waals surface area contributed by atoms with Crippen LogP contribution in [-0.4, -0.2) is 41.7 Å². The molecular formula is C27H27N5O5. The molecule has 2 aromatic carbocycles. The number of ether oxygens (including phenoxy) is 3. The van der Waals surface area contributed by atoms with Crippen LogP contribution in [0.15, 0.2) is 48.5 Å². The summed E-state index contributed by atoms with van der Waals surface area (Å²) in [5.41, 5.74) is 8.53. The van der Waals surface area contributed by atoms with Gasteiger partial charge in [-0.05, 0) is 42.9 Å². The van der Waals surface area contributed by atoms with E-state index in [0.717, 1.165) is 32.4 Å². The van der Waals surface area contributed by atoms with Crippen LogP contribution in [-0.2, 0) is 16.0 Å². The summed E-state index contributed by atoms with van der Waals surface area (Å²) in [5.74, 6) is 0.536. The zero-order valence-electron chi connectivity index (χ0n) is 20.2. The summed E-state index contributed by atoms with van der Waals surface area (Å²) in [7, 11) is 0. The topological polar surface area (TPSA) is 129 Å². The Morgan fingerprint density at radius 3 is 2.65 bits per heavy atom. The van der Waals surface area contributed by atoms with Crippen molar-refractivity contribution in [3.63, 3.8) is 0 Å². The van der Waals surface area contributed by atoms with E-state index in [1.54, 1.807) is 18.2 Å². The molecular weight excluding hydrogens is 474 g/mol. The summed E-state index contributed by atoms with van der Waals surface area (Å²) in [4.78, 5) is 36.7. The average molecular weight is 502 g/mol. The second kappa shape index (κ2) is 9.61. The van der Waals surface area contributed by atoms with Gasteiger partial charge < -0.3 is 30.2 Å². The molecule has 0 saturated carbocycles. The summed E-state index contributed by atoms with van der Waals surface area (Å²) in [5, 5.41) is 2.83. The Bertz CT molecular complexity index is 1340. The number of anilines is 3. The SMILES string of the molecule is Nc1nc(N2CCC(Cc3ccccc3)CC2)nc2c1C(C(=O)Nc1ccc3c(c1)OCO3)CC(=O)O2. The van der Waals surface area contributed by atoms with Gasteiger partial charge in [-0.1, -0.05) is 30.3 Å². The molecule has 6 rings (SSSR count). The molecule has 1 aromatic heterocycles. The Hall–Kier alpha value is -4.34. The first-order chi connectivity index (χ1) is 18.0. The third kappa shape index (κ3) is 4.74. The van der Waals surface area contributed by atoms with Crippen molar-refractivity contribution in [2.24, 2.45) is 5.92 Å². The van der Waals surface area contributed by atoms with E-state index >= 15 is 0 Å². The number of benzene rings is 2. The van der Waals surface area contributed by atoms with Crippen LogP contribution in [0.5, 0.6) is 17.4 Å². The van der Waals surface area contributed by atoms with E-state index in [1.807, 2.05) is 6.07 Å². The minimum atomic E-state index is -0.868. The highest BCUT2D eigenvalue weighted by molar-refractivity contribution is 6.00. The largest absolute Gasteiger partial charge is 0.454 e. The number of hydrogen-bond acceptors (Lipinski definition) is 9. The maximum absolute atomic E-state index is 13.2. The van der Waals surface area contributed by atoms with Crippen molar-refractivity contribution in [1.82, 2.24) is 9.97 Å². The lowest BCUT2D eigenvalue weighted by Gasteiger charge is -2.33. The van der Waals surface area contributed by atoms with E-state index in [0.29, 0.717) is 34.6 Å². The third-order valence-corrected chi connectivity index (χ3v) is 7.08. The van der Waals surface area contributed by atoms with Crippen molar-refractivity contribution in [3.05, 3.63) is 59.7 Å². The number of piperidine rings is 1. The molecule has 1 fully saturated rings. The fourth-order valence-corrected chi connectivity index (χ4v) is 5.13. The number of rotatable bonds is 5. The van der Waals surface area contributed by atoms with Crippen LogP contribution in [0.3, 0.4) is 0 Å². The number of carbonyl (C=O) groups is 2. The van der Waals surface area contributed by atoms with Crippen LogP contribution in [0.2, 0.25) is 0 Å². The molecule has 1 atom stereocenters. The van der Waals surface area contributed by atoms with Gasteiger partial charge in [0.05, 0.1) is 17.9 Å². The summed E-state index contributed by atoms with van der Waals surface area (Å²) in [6, 6.07) is 15.6. The predicted molar refractivity (Wildman–Crippen MR) is 136 cm³/mol. The molecule has 1 unspecified atom stereocenters. The Morgan fingerprint density at radius 2 is 1.84 bits per heavy atom. The van der Waals surface area contributed by atoms with Gasteiger partial charge in [-0.25, -0.2) is 0 Å². The number of carbonyl (C=O) groups excluding carboxylic acids is 2. The number of hydrogen-bond donors (Lipinski definition) is 2. The number of fused-ring (bicyclic) bond motifs is 2. The molecule has 3 aromatic rings. The lowest BCUT2D eigenvalue weighted by atomic mass is 9.90. The molecule has 0 aliphatic carbocycles. The zero-order chi connectivity index (χ0) is 25.4. The molecule has 190 valence electrons. The van der Waals surface area contributed by atoms with E-state index in [4.69, 9.17) is 19.9 Å². The molecule has 3 aliphatic heterocycles. The summed E-state index contributed by atoms with van der Waals surface area (Å²) < 4.78 is 16.1. The molecule has 10 heteroatoms. The Kier molecular flexibility index (Phi) is 5.99. The van der Waals surface area contributed by atoms with Crippen LogP contribution in [0.25, 0.3) is 0 Å². The molecule has 0 bridgehead atoms. The van der Waals surface area contributed by atoms with Crippen molar-refractivity contribution in [3.8, 4) is 17.4 Å². The monoisotopic (exact) mass is 501 g/mol. The van der Waals surface area contributed by atoms with Crippen LogP contribution in [0, 0.1) is 5.92 Å². The molecule has 4 heterocycles. The molecule has 3 aliphatic rings. The van der Waals surface area contributed by atoms with Gasteiger partial charge in [0.25, 0.3) is 0 Å². The summed E-state index contributed by atoms with van der Waals surface area (Å²) in [6.07, 6.45) is 2.88. The lowest BCUT2D eigenvalue weighted by molar-refractivity contribution is -0.138. The van der Waals surface area contributed by atoms with Gasteiger partial charge in [0, 0.05) is 24.8 Å². The highest BCUT2D eigenvalue weighted by Crippen LogP contribution is 2.40. The number of esters is 1. The summed E-state index contributed by atoms with van der Waals surface area (Å²) in [6.45, 7) is 1.69. The van der Waals surface area contributed by atoms with Crippen LogP contribution in [0.4, 0.5) is 17.5 Å². The normalized spacial score (nSPS) is 18.8. The maximum Gasteiger partial charge on any atom is 0.313 e. The predicted octanol–water partition coefficient (Wildman–Crippen LogP) is 3.28. The van der Waals surface area contributed by atoms with Gasteiger partial charge in [0.15, 0.2) is 11.5 Å². The van der Waals surface area contributed by atoms with E-state index < -0.39 is 17.8 Å².